The van der Waals surface area contributed by atoms with Gasteiger partial charge in [0.2, 0.25) is 0 Å². The van der Waals surface area contributed by atoms with E-state index in [4.69, 9.17) is 4.74 Å². The summed E-state index contributed by atoms with van der Waals surface area (Å²) in [5, 5.41) is 3.49. The van der Waals surface area contributed by atoms with Gasteiger partial charge in [-0.1, -0.05) is 18.2 Å². The van der Waals surface area contributed by atoms with Crippen molar-refractivity contribution in [2.75, 3.05) is 13.7 Å². The summed E-state index contributed by atoms with van der Waals surface area (Å²) in [6.07, 6.45) is 2.72. The molecular weight excluding hydrogens is 301 g/mol. The number of ether oxygens (including phenoxy) is 1. The molecule has 0 aliphatic heterocycles. The highest BCUT2D eigenvalue weighted by Crippen LogP contribution is 2.31. The van der Waals surface area contributed by atoms with Crippen LogP contribution in [0.15, 0.2) is 42.5 Å². The van der Waals surface area contributed by atoms with Crippen molar-refractivity contribution in [1.82, 2.24) is 5.32 Å². The fourth-order valence-electron chi connectivity index (χ4n) is 2.49. The molecule has 22 heavy (non-hydrogen) atoms. The maximum atomic E-state index is 13.3. The Morgan fingerprint density at radius 1 is 1.18 bits per heavy atom. The van der Waals surface area contributed by atoms with Crippen LogP contribution in [0.5, 0.6) is 5.75 Å². The van der Waals surface area contributed by atoms with Crippen molar-refractivity contribution < 1.29 is 9.13 Å². The van der Waals surface area contributed by atoms with Gasteiger partial charge in [0.25, 0.3) is 0 Å². The normalized spacial score (nSPS) is 13.5. The van der Waals surface area contributed by atoms with Gasteiger partial charge >= 0.3 is 0 Å². The average Bonchev–Trinajstić information content (AvgIpc) is 3.31. The molecule has 3 rings (SSSR count). The van der Waals surface area contributed by atoms with Crippen LogP contribution in [0.3, 0.4) is 0 Å². The van der Waals surface area contributed by atoms with Crippen molar-refractivity contribution in [2.45, 2.75) is 19.4 Å². The van der Waals surface area contributed by atoms with Gasteiger partial charge in [-0.3, -0.25) is 0 Å². The lowest BCUT2D eigenvalue weighted by molar-refractivity contribution is 0.413. The van der Waals surface area contributed by atoms with E-state index in [-0.39, 0.29) is 18.2 Å². The van der Waals surface area contributed by atoms with Crippen LogP contribution in [0.25, 0.3) is 11.1 Å². The lowest BCUT2D eigenvalue weighted by atomic mass is 10.0. The van der Waals surface area contributed by atoms with Gasteiger partial charge in [0.15, 0.2) is 0 Å². The molecule has 0 saturated heterocycles. The zero-order valence-corrected chi connectivity index (χ0v) is 13.5. The lowest BCUT2D eigenvalue weighted by Gasteiger charge is -2.11. The standard InChI is InChI=1S/C18H20FNO.ClH/c1-21-18-10-16(19)7-8-17(18)15-4-2-3-14(9-15)12-20-11-13-5-6-13;/h2-4,7-10,13,20H,5-6,11-12H2,1H3;1H. The summed E-state index contributed by atoms with van der Waals surface area (Å²) < 4.78 is 18.6. The highest BCUT2D eigenvalue weighted by Gasteiger charge is 2.20. The first-order valence-corrected chi connectivity index (χ1v) is 7.40. The van der Waals surface area contributed by atoms with Gasteiger partial charge in [0, 0.05) is 18.2 Å². The molecular formula is C18H21ClFNO. The van der Waals surface area contributed by atoms with Gasteiger partial charge in [-0.05, 0) is 54.6 Å². The molecule has 1 aliphatic rings. The van der Waals surface area contributed by atoms with Gasteiger partial charge in [0.1, 0.15) is 11.6 Å². The minimum Gasteiger partial charge on any atom is -0.496 e. The van der Waals surface area contributed by atoms with Crippen LogP contribution >= 0.6 is 12.4 Å². The summed E-state index contributed by atoms with van der Waals surface area (Å²) in [6, 6.07) is 13.0. The van der Waals surface area contributed by atoms with Crippen molar-refractivity contribution in [3.63, 3.8) is 0 Å². The number of benzene rings is 2. The predicted molar refractivity (Wildman–Crippen MR) is 90.1 cm³/mol. The van der Waals surface area contributed by atoms with Gasteiger partial charge in [-0.15, -0.1) is 12.4 Å². The zero-order chi connectivity index (χ0) is 14.7. The predicted octanol–water partition coefficient (Wildman–Crippen LogP) is 4.42. The largest absolute Gasteiger partial charge is 0.496 e. The molecule has 4 heteroatoms. The number of methoxy groups -OCH3 is 1. The number of halogens is 2. The van der Waals surface area contributed by atoms with Crippen molar-refractivity contribution in [1.29, 1.82) is 0 Å². The molecule has 0 spiro atoms. The fourth-order valence-corrected chi connectivity index (χ4v) is 2.49. The van der Waals surface area contributed by atoms with Crippen LogP contribution in [-0.4, -0.2) is 13.7 Å². The zero-order valence-electron chi connectivity index (χ0n) is 12.6. The Kier molecular flexibility index (Phi) is 5.81. The van der Waals surface area contributed by atoms with Crippen LogP contribution in [-0.2, 0) is 6.54 Å². The molecule has 2 aromatic rings. The molecule has 1 aliphatic carbocycles. The van der Waals surface area contributed by atoms with Crippen molar-refractivity contribution >= 4 is 12.4 Å². The van der Waals surface area contributed by atoms with E-state index >= 15 is 0 Å². The van der Waals surface area contributed by atoms with Crippen molar-refractivity contribution in [2.24, 2.45) is 5.92 Å². The summed E-state index contributed by atoms with van der Waals surface area (Å²) in [5.41, 5.74) is 3.21. The third-order valence-corrected chi connectivity index (χ3v) is 3.86. The van der Waals surface area contributed by atoms with Gasteiger partial charge < -0.3 is 10.1 Å². The molecule has 0 atom stereocenters. The first-order valence-electron chi connectivity index (χ1n) is 7.40. The van der Waals surface area contributed by atoms with E-state index in [0.717, 1.165) is 30.1 Å². The Hall–Kier alpha value is -1.58. The molecule has 2 aromatic carbocycles. The Bertz CT molecular complexity index is 628. The molecule has 1 N–H and O–H groups in total. The third-order valence-electron chi connectivity index (χ3n) is 3.86. The molecule has 1 saturated carbocycles. The van der Waals surface area contributed by atoms with Crippen molar-refractivity contribution in [3.8, 4) is 16.9 Å². The second-order valence-corrected chi connectivity index (χ2v) is 5.62. The molecule has 2 nitrogen and oxygen atoms in total. The molecule has 0 amide bonds. The topological polar surface area (TPSA) is 21.3 Å². The van der Waals surface area contributed by atoms with E-state index < -0.39 is 0 Å². The van der Waals surface area contributed by atoms with Crippen LogP contribution in [0.1, 0.15) is 18.4 Å². The summed E-state index contributed by atoms with van der Waals surface area (Å²) in [7, 11) is 1.57. The Morgan fingerprint density at radius 2 is 2.00 bits per heavy atom. The highest BCUT2D eigenvalue weighted by molar-refractivity contribution is 5.85. The van der Waals surface area contributed by atoms with E-state index in [0.29, 0.717) is 5.75 Å². The molecule has 0 bridgehead atoms. The van der Waals surface area contributed by atoms with E-state index in [1.54, 1.807) is 13.2 Å². The highest BCUT2D eigenvalue weighted by atomic mass is 35.5. The summed E-state index contributed by atoms with van der Waals surface area (Å²) in [5.74, 6) is 1.17. The quantitative estimate of drug-likeness (QED) is 0.850. The maximum Gasteiger partial charge on any atom is 0.129 e. The van der Waals surface area contributed by atoms with Crippen LogP contribution in [0.4, 0.5) is 4.39 Å². The van der Waals surface area contributed by atoms with Crippen molar-refractivity contribution in [3.05, 3.63) is 53.8 Å². The minimum absolute atomic E-state index is 0. The SMILES string of the molecule is COc1cc(F)ccc1-c1cccc(CNCC2CC2)c1.Cl. The minimum atomic E-state index is -0.280. The molecule has 0 aromatic heterocycles. The van der Waals surface area contributed by atoms with Gasteiger partial charge in [0.05, 0.1) is 7.11 Å². The number of nitrogens with one attached hydrogen (secondary N) is 1. The summed E-state index contributed by atoms with van der Waals surface area (Å²) in [6.45, 7) is 1.97. The van der Waals surface area contributed by atoms with E-state index in [1.165, 1.54) is 30.5 Å². The molecule has 1 fully saturated rings. The Balaban J connectivity index is 0.00000176. The van der Waals surface area contributed by atoms with Gasteiger partial charge in [-0.2, -0.15) is 0 Å². The second-order valence-electron chi connectivity index (χ2n) is 5.62. The first kappa shape index (κ1) is 16.8. The Labute approximate surface area is 137 Å². The first-order chi connectivity index (χ1) is 10.3. The molecule has 0 radical (unpaired) electrons. The smallest absolute Gasteiger partial charge is 0.129 e. The molecule has 0 heterocycles. The lowest BCUT2D eigenvalue weighted by Crippen LogP contribution is -2.15. The van der Waals surface area contributed by atoms with Crippen LogP contribution in [0.2, 0.25) is 0 Å². The summed E-state index contributed by atoms with van der Waals surface area (Å²) in [4.78, 5) is 0. The van der Waals surface area contributed by atoms with Gasteiger partial charge in [-0.25, -0.2) is 4.39 Å². The fraction of sp³-hybridized carbons (Fsp3) is 0.333. The monoisotopic (exact) mass is 321 g/mol. The molecule has 118 valence electrons. The number of hydrogen-bond donors (Lipinski definition) is 1. The molecule has 0 unspecified atom stereocenters. The number of hydrogen-bond acceptors (Lipinski definition) is 2. The second kappa shape index (κ2) is 7.61. The third kappa shape index (κ3) is 4.21. The maximum absolute atomic E-state index is 13.3. The summed E-state index contributed by atoms with van der Waals surface area (Å²) >= 11 is 0. The van der Waals surface area contributed by atoms with E-state index in [9.17, 15) is 4.39 Å². The van der Waals surface area contributed by atoms with E-state index in [2.05, 4.69) is 17.4 Å². The Morgan fingerprint density at radius 3 is 2.73 bits per heavy atom. The average molecular weight is 322 g/mol. The number of rotatable bonds is 6. The van der Waals surface area contributed by atoms with Crippen LogP contribution in [0, 0.1) is 11.7 Å². The van der Waals surface area contributed by atoms with Crippen LogP contribution < -0.4 is 10.1 Å². The van der Waals surface area contributed by atoms with E-state index in [1.807, 2.05) is 12.1 Å².